The lowest BCUT2D eigenvalue weighted by molar-refractivity contribution is -0.150. The standard InChI is InChI=1S/C19H21NO4S/c1-14(21)20(25-13-15-9-5-3-6-10-15)17(19(22)23)18(24-2)16-11-7-4-8-12-16/h3-12,17-18H,13H2,1-2H3,(H,22,23). The Kier molecular flexibility index (Phi) is 7.03. The molecule has 6 heteroatoms. The van der Waals surface area contributed by atoms with Crippen LogP contribution in [0.1, 0.15) is 24.2 Å². The molecule has 1 N–H and O–H groups in total. The van der Waals surface area contributed by atoms with E-state index in [-0.39, 0.29) is 5.91 Å². The first-order valence-electron chi connectivity index (χ1n) is 7.81. The first-order valence-corrected chi connectivity index (χ1v) is 8.76. The van der Waals surface area contributed by atoms with Gasteiger partial charge in [-0.2, -0.15) is 0 Å². The number of amides is 1. The van der Waals surface area contributed by atoms with E-state index < -0.39 is 18.1 Å². The molecule has 0 saturated carbocycles. The Morgan fingerprint density at radius 2 is 1.64 bits per heavy atom. The molecule has 2 aromatic rings. The van der Waals surface area contributed by atoms with Crippen molar-refractivity contribution in [3.05, 3.63) is 71.8 Å². The zero-order chi connectivity index (χ0) is 18.2. The van der Waals surface area contributed by atoms with Crippen molar-refractivity contribution in [3.63, 3.8) is 0 Å². The average Bonchev–Trinajstić information content (AvgIpc) is 2.62. The smallest absolute Gasteiger partial charge is 0.330 e. The number of methoxy groups -OCH3 is 1. The molecule has 132 valence electrons. The third-order valence-electron chi connectivity index (χ3n) is 3.70. The van der Waals surface area contributed by atoms with Gasteiger partial charge in [-0.1, -0.05) is 60.7 Å². The maximum Gasteiger partial charge on any atom is 0.330 e. The van der Waals surface area contributed by atoms with Gasteiger partial charge in [0.2, 0.25) is 5.91 Å². The van der Waals surface area contributed by atoms with Crippen LogP contribution in [0, 0.1) is 0 Å². The molecular formula is C19H21NO4S. The minimum atomic E-state index is -1.13. The quantitative estimate of drug-likeness (QED) is 0.731. The number of carboxylic acids is 1. The summed E-state index contributed by atoms with van der Waals surface area (Å²) in [7, 11) is 1.45. The lowest BCUT2D eigenvalue weighted by Gasteiger charge is -2.32. The lowest BCUT2D eigenvalue weighted by atomic mass is 10.0. The molecule has 0 heterocycles. The Morgan fingerprint density at radius 3 is 2.12 bits per heavy atom. The Hall–Kier alpha value is -2.31. The van der Waals surface area contributed by atoms with Crippen molar-refractivity contribution in [1.82, 2.24) is 4.31 Å². The van der Waals surface area contributed by atoms with Crippen LogP contribution in [0.2, 0.25) is 0 Å². The van der Waals surface area contributed by atoms with Gasteiger partial charge in [0.25, 0.3) is 0 Å². The molecule has 0 fully saturated rings. The molecule has 2 aromatic carbocycles. The number of aliphatic carboxylic acids is 1. The molecule has 2 atom stereocenters. The maximum absolute atomic E-state index is 12.1. The topological polar surface area (TPSA) is 66.8 Å². The molecule has 0 aliphatic rings. The van der Waals surface area contributed by atoms with Gasteiger partial charge in [0.05, 0.1) is 0 Å². The maximum atomic E-state index is 12.1. The van der Waals surface area contributed by atoms with Crippen molar-refractivity contribution in [2.45, 2.75) is 24.8 Å². The van der Waals surface area contributed by atoms with E-state index in [0.717, 1.165) is 5.56 Å². The second kappa shape index (κ2) is 9.25. The summed E-state index contributed by atoms with van der Waals surface area (Å²) < 4.78 is 6.74. The van der Waals surface area contributed by atoms with Crippen LogP contribution in [-0.2, 0) is 20.1 Å². The summed E-state index contributed by atoms with van der Waals surface area (Å²) >= 11 is 1.18. The van der Waals surface area contributed by atoms with E-state index in [2.05, 4.69) is 0 Å². The van der Waals surface area contributed by atoms with Crippen LogP contribution in [0.15, 0.2) is 60.7 Å². The van der Waals surface area contributed by atoms with Crippen LogP contribution < -0.4 is 0 Å². The zero-order valence-corrected chi connectivity index (χ0v) is 15.0. The van der Waals surface area contributed by atoms with Crippen molar-refractivity contribution in [3.8, 4) is 0 Å². The van der Waals surface area contributed by atoms with Gasteiger partial charge in [0.1, 0.15) is 6.10 Å². The van der Waals surface area contributed by atoms with E-state index in [9.17, 15) is 14.7 Å². The van der Waals surface area contributed by atoms with Crippen LogP contribution in [-0.4, -0.2) is 34.4 Å². The molecule has 0 aromatic heterocycles. The fraction of sp³-hybridized carbons (Fsp3) is 0.263. The van der Waals surface area contributed by atoms with Gasteiger partial charge in [-0.15, -0.1) is 0 Å². The summed E-state index contributed by atoms with van der Waals surface area (Å²) in [5.41, 5.74) is 1.72. The number of nitrogens with zero attached hydrogens (tertiary/aromatic N) is 1. The molecule has 0 aliphatic heterocycles. The minimum absolute atomic E-state index is 0.327. The number of hydrogen-bond donors (Lipinski definition) is 1. The van der Waals surface area contributed by atoms with Crippen molar-refractivity contribution >= 4 is 23.8 Å². The summed E-state index contributed by atoms with van der Waals surface area (Å²) in [6.07, 6.45) is -0.758. The highest BCUT2D eigenvalue weighted by Gasteiger charge is 2.37. The molecular weight excluding hydrogens is 338 g/mol. The van der Waals surface area contributed by atoms with Gasteiger partial charge < -0.3 is 9.84 Å². The van der Waals surface area contributed by atoms with Crippen LogP contribution in [0.4, 0.5) is 0 Å². The van der Waals surface area contributed by atoms with Gasteiger partial charge in [-0.25, -0.2) is 4.79 Å². The van der Waals surface area contributed by atoms with Crippen molar-refractivity contribution in [2.24, 2.45) is 0 Å². The Labute approximate surface area is 151 Å². The summed E-state index contributed by atoms with van der Waals surface area (Å²) in [5, 5.41) is 9.77. The number of carbonyl (C=O) groups excluding carboxylic acids is 1. The predicted molar refractivity (Wildman–Crippen MR) is 97.9 cm³/mol. The Morgan fingerprint density at radius 1 is 1.08 bits per heavy atom. The molecule has 25 heavy (non-hydrogen) atoms. The number of hydrogen-bond acceptors (Lipinski definition) is 4. The summed E-state index contributed by atoms with van der Waals surface area (Å²) in [5.74, 6) is -0.937. The fourth-order valence-electron chi connectivity index (χ4n) is 2.53. The fourth-order valence-corrected chi connectivity index (χ4v) is 3.55. The van der Waals surface area contributed by atoms with Gasteiger partial charge in [0.15, 0.2) is 6.04 Å². The second-order valence-corrected chi connectivity index (χ2v) is 6.39. The predicted octanol–water partition coefficient (Wildman–Crippen LogP) is 3.52. The molecule has 1 amide bonds. The van der Waals surface area contributed by atoms with Crippen LogP contribution in [0.25, 0.3) is 0 Å². The number of benzene rings is 2. The second-order valence-electron chi connectivity index (χ2n) is 5.45. The molecule has 2 rings (SSSR count). The third-order valence-corrected chi connectivity index (χ3v) is 4.92. The van der Waals surface area contributed by atoms with E-state index in [1.165, 1.54) is 30.3 Å². The van der Waals surface area contributed by atoms with Crippen LogP contribution >= 0.6 is 11.9 Å². The lowest BCUT2D eigenvalue weighted by Crippen LogP contribution is -2.44. The number of rotatable bonds is 8. The highest BCUT2D eigenvalue weighted by Crippen LogP contribution is 2.30. The van der Waals surface area contributed by atoms with Gasteiger partial charge in [-0.3, -0.25) is 9.10 Å². The molecule has 2 unspecified atom stereocenters. The molecule has 0 radical (unpaired) electrons. The van der Waals surface area contributed by atoms with E-state index in [0.29, 0.717) is 11.3 Å². The SMILES string of the molecule is COC(c1ccccc1)C(C(=O)O)N(SCc1ccccc1)C(C)=O. The largest absolute Gasteiger partial charge is 0.480 e. The van der Waals surface area contributed by atoms with Gasteiger partial charge in [-0.05, 0) is 23.1 Å². The van der Waals surface area contributed by atoms with E-state index in [1.54, 1.807) is 12.1 Å². The van der Waals surface area contributed by atoms with Crippen molar-refractivity contribution < 1.29 is 19.4 Å². The van der Waals surface area contributed by atoms with Crippen molar-refractivity contribution in [1.29, 1.82) is 0 Å². The van der Waals surface area contributed by atoms with Crippen LogP contribution in [0.5, 0.6) is 0 Å². The van der Waals surface area contributed by atoms with Crippen LogP contribution in [0.3, 0.4) is 0 Å². The number of carbonyl (C=O) groups is 2. The van der Waals surface area contributed by atoms with Gasteiger partial charge >= 0.3 is 5.97 Å². The Bertz CT molecular complexity index is 693. The Balaban J connectivity index is 2.26. The average molecular weight is 359 g/mol. The number of carboxylic acid groups (broad SMARTS) is 1. The first-order chi connectivity index (χ1) is 12.0. The third kappa shape index (κ3) is 5.08. The minimum Gasteiger partial charge on any atom is -0.480 e. The summed E-state index contributed by atoms with van der Waals surface area (Å²) in [6.45, 7) is 1.37. The zero-order valence-electron chi connectivity index (χ0n) is 14.2. The molecule has 5 nitrogen and oxygen atoms in total. The highest BCUT2D eigenvalue weighted by molar-refractivity contribution is 7.96. The van der Waals surface area contributed by atoms with Crippen molar-refractivity contribution in [2.75, 3.05) is 7.11 Å². The molecule has 0 bridgehead atoms. The van der Waals surface area contributed by atoms with Gasteiger partial charge in [0, 0.05) is 19.8 Å². The molecule has 0 spiro atoms. The molecule has 0 aliphatic carbocycles. The normalized spacial score (nSPS) is 13.0. The monoisotopic (exact) mass is 359 g/mol. The molecule has 0 saturated heterocycles. The van der Waals surface area contributed by atoms with E-state index in [4.69, 9.17) is 4.74 Å². The van der Waals surface area contributed by atoms with E-state index >= 15 is 0 Å². The highest BCUT2D eigenvalue weighted by atomic mass is 32.2. The number of ether oxygens (including phenoxy) is 1. The summed E-state index contributed by atoms with van der Waals surface area (Å²) in [4.78, 5) is 24.1. The summed E-state index contributed by atoms with van der Waals surface area (Å²) in [6, 6.07) is 17.5. The van der Waals surface area contributed by atoms with E-state index in [1.807, 2.05) is 48.5 Å². The first kappa shape index (κ1) is 19.0.